The van der Waals surface area contributed by atoms with Gasteiger partial charge in [-0.05, 0) is 52.0 Å². The number of rotatable bonds is 7. The molecular formula is C17H31N3O. The number of hydrogen-bond acceptors (Lipinski definition) is 4. The fourth-order valence-corrected chi connectivity index (χ4v) is 2.96. The van der Waals surface area contributed by atoms with Gasteiger partial charge in [-0.25, -0.2) is 0 Å². The van der Waals surface area contributed by atoms with Crippen LogP contribution in [0.2, 0.25) is 0 Å². The number of hydrogen-bond donors (Lipinski definition) is 1. The Kier molecular flexibility index (Phi) is 6.27. The van der Waals surface area contributed by atoms with Crippen molar-refractivity contribution in [2.75, 3.05) is 33.7 Å². The average molecular weight is 293 g/mol. The maximum Gasteiger partial charge on any atom is 0.122 e. The minimum absolute atomic E-state index is 0.677. The number of likely N-dealkylation sites (tertiary alicyclic amines) is 1. The molecular weight excluding hydrogens is 262 g/mol. The number of nitrogens with zero attached hydrogens (tertiary/aromatic N) is 2. The van der Waals surface area contributed by atoms with E-state index >= 15 is 0 Å². The van der Waals surface area contributed by atoms with E-state index in [1.165, 1.54) is 24.9 Å². The molecule has 0 saturated carbocycles. The molecule has 4 nitrogen and oxygen atoms in total. The molecule has 1 aliphatic heterocycles. The van der Waals surface area contributed by atoms with Crippen LogP contribution in [0.1, 0.15) is 38.0 Å². The zero-order valence-electron chi connectivity index (χ0n) is 14.1. The van der Waals surface area contributed by atoms with Gasteiger partial charge in [0.05, 0.1) is 12.8 Å². The summed E-state index contributed by atoms with van der Waals surface area (Å²) in [6.07, 6.45) is 4.42. The van der Waals surface area contributed by atoms with Crippen molar-refractivity contribution in [3.8, 4) is 0 Å². The van der Waals surface area contributed by atoms with Gasteiger partial charge in [-0.2, -0.15) is 0 Å². The quantitative estimate of drug-likeness (QED) is 0.837. The van der Waals surface area contributed by atoms with Crippen LogP contribution >= 0.6 is 0 Å². The first-order valence-electron chi connectivity index (χ1n) is 8.21. The van der Waals surface area contributed by atoms with E-state index in [-0.39, 0.29) is 0 Å². The zero-order chi connectivity index (χ0) is 15.2. The van der Waals surface area contributed by atoms with Crippen molar-refractivity contribution in [3.63, 3.8) is 0 Å². The maximum atomic E-state index is 5.73. The van der Waals surface area contributed by atoms with Crippen LogP contribution in [-0.2, 0) is 13.1 Å². The van der Waals surface area contributed by atoms with Gasteiger partial charge in [0.25, 0.3) is 0 Å². The first kappa shape index (κ1) is 16.5. The molecule has 21 heavy (non-hydrogen) atoms. The van der Waals surface area contributed by atoms with E-state index in [0.29, 0.717) is 12.0 Å². The molecule has 1 atom stereocenters. The van der Waals surface area contributed by atoms with E-state index in [4.69, 9.17) is 4.42 Å². The van der Waals surface area contributed by atoms with Gasteiger partial charge in [0, 0.05) is 24.7 Å². The van der Waals surface area contributed by atoms with Crippen LogP contribution in [0.25, 0.3) is 0 Å². The van der Waals surface area contributed by atoms with Gasteiger partial charge in [0.2, 0.25) is 0 Å². The molecule has 2 rings (SSSR count). The van der Waals surface area contributed by atoms with Crippen molar-refractivity contribution in [2.45, 2.75) is 45.8 Å². The van der Waals surface area contributed by atoms with E-state index in [1.54, 1.807) is 0 Å². The highest BCUT2D eigenvalue weighted by atomic mass is 16.3. The largest absolute Gasteiger partial charge is 0.468 e. The maximum absolute atomic E-state index is 5.73. The Morgan fingerprint density at radius 3 is 2.95 bits per heavy atom. The molecule has 0 aliphatic carbocycles. The fourth-order valence-electron chi connectivity index (χ4n) is 2.96. The highest BCUT2D eigenvalue weighted by Crippen LogP contribution is 2.19. The van der Waals surface area contributed by atoms with Crippen molar-refractivity contribution in [3.05, 3.63) is 23.7 Å². The molecule has 1 fully saturated rings. The van der Waals surface area contributed by atoms with Crippen molar-refractivity contribution in [1.82, 2.24) is 15.1 Å². The molecule has 0 spiro atoms. The second-order valence-corrected chi connectivity index (χ2v) is 6.89. The van der Waals surface area contributed by atoms with Crippen molar-refractivity contribution >= 4 is 0 Å². The predicted molar refractivity (Wildman–Crippen MR) is 87.2 cm³/mol. The third-order valence-electron chi connectivity index (χ3n) is 4.28. The molecule has 0 radical (unpaired) electrons. The summed E-state index contributed by atoms with van der Waals surface area (Å²) in [6.45, 7) is 9.70. The Morgan fingerprint density at radius 1 is 1.43 bits per heavy atom. The van der Waals surface area contributed by atoms with Crippen LogP contribution in [0, 0.1) is 5.92 Å². The summed E-state index contributed by atoms with van der Waals surface area (Å²) in [5.41, 5.74) is 1.31. The second-order valence-electron chi connectivity index (χ2n) is 6.89. The van der Waals surface area contributed by atoms with Crippen molar-refractivity contribution in [2.24, 2.45) is 5.92 Å². The summed E-state index contributed by atoms with van der Waals surface area (Å²) in [7, 11) is 4.37. The standard InChI is InChI=1S/C17H31N3O/c1-14(2)10-18-11-15-7-9-21-17(15)13-20-8-5-6-16(12-20)19(3)4/h7,9,14,16,18H,5-6,8,10-13H2,1-4H3. The zero-order valence-corrected chi connectivity index (χ0v) is 14.1. The first-order valence-corrected chi connectivity index (χ1v) is 8.21. The van der Waals surface area contributed by atoms with Gasteiger partial charge in [-0.15, -0.1) is 0 Å². The van der Waals surface area contributed by atoms with Gasteiger partial charge < -0.3 is 14.6 Å². The highest BCUT2D eigenvalue weighted by Gasteiger charge is 2.22. The van der Waals surface area contributed by atoms with E-state index in [0.717, 1.165) is 31.9 Å². The Hall–Kier alpha value is -0.840. The highest BCUT2D eigenvalue weighted by molar-refractivity contribution is 5.17. The number of piperidine rings is 1. The Balaban J connectivity index is 1.86. The van der Waals surface area contributed by atoms with Gasteiger partial charge in [-0.3, -0.25) is 4.90 Å². The number of likely N-dealkylation sites (N-methyl/N-ethyl adjacent to an activating group) is 1. The Bertz CT molecular complexity index is 414. The Labute approximate surface area is 129 Å². The molecule has 4 heteroatoms. The molecule has 1 aromatic rings. The van der Waals surface area contributed by atoms with Gasteiger partial charge in [0.1, 0.15) is 5.76 Å². The smallest absolute Gasteiger partial charge is 0.122 e. The molecule has 2 heterocycles. The van der Waals surface area contributed by atoms with E-state index in [2.05, 4.69) is 49.1 Å². The van der Waals surface area contributed by atoms with Crippen LogP contribution in [0.5, 0.6) is 0 Å². The van der Waals surface area contributed by atoms with Gasteiger partial charge >= 0.3 is 0 Å². The molecule has 1 unspecified atom stereocenters. The lowest BCUT2D eigenvalue weighted by Crippen LogP contribution is -2.44. The number of nitrogens with one attached hydrogen (secondary N) is 1. The molecule has 120 valence electrons. The minimum Gasteiger partial charge on any atom is -0.468 e. The number of furan rings is 1. The Morgan fingerprint density at radius 2 is 2.24 bits per heavy atom. The molecule has 1 saturated heterocycles. The van der Waals surface area contributed by atoms with Crippen LogP contribution in [-0.4, -0.2) is 49.6 Å². The molecule has 1 aliphatic rings. The normalized spacial score (nSPS) is 20.6. The lowest BCUT2D eigenvalue weighted by Gasteiger charge is -2.35. The molecule has 1 aromatic heterocycles. The lowest BCUT2D eigenvalue weighted by molar-refractivity contribution is 0.121. The fraction of sp³-hybridized carbons (Fsp3) is 0.765. The summed E-state index contributed by atoms with van der Waals surface area (Å²) in [5.74, 6) is 1.81. The average Bonchev–Trinajstić information content (AvgIpc) is 2.86. The summed E-state index contributed by atoms with van der Waals surface area (Å²) >= 11 is 0. The van der Waals surface area contributed by atoms with Crippen molar-refractivity contribution < 1.29 is 4.42 Å². The topological polar surface area (TPSA) is 31.7 Å². The molecule has 0 amide bonds. The first-order chi connectivity index (χ1) is 10.1. The lowest BCUT2D eigenvalue weighted by atomic mass is 10.0. The van der Waals surface area contributed by atoms with Gasteiger partial charge in [-0.1, -0.05) is 13.8 Å². The van der Waals surface area contributed by atoms with Crippen LogP contribution < -0.4 is 5.32 Å². The predicted octanol–water partition coefficient (Wildman–Crippen LogP) is 2.55. The monoisotopic (exact) mass is 293 g/mol. The summed E-state index contributed by atoms with van der Waals surface area (Å²) in [6, 6.07) is 2.78. The van der Waals surface area contributed by atoms with E-state index in [9.17, 15) is 0 Å². The van der Waals surface area contributed by atoms with Crippen LogP contribution in [0.15, 0.2) is 16.7 Å². The van der Waals surface area contributed by atoms with Crippen LogP contribution in [0.3, 0.4) is 0 Å². The molecule has 1 N–H and O–H groups in total. The summed E-state index contributed by atoms with van der Waals surface area (Å²) in [4.78, 5) is 4.87. The third-order valence-corrected chi connectivity index (χ3v) is 4.28. The minimum atomic E-state index is 0.677. The van der Waals surface area contributed by atoms with Gasteiger partial charge in [0.15, 0.2) is 0 Å². The van der Waals surface area contributed by atoms with Crippen LogP contribution in [0.4, 0.5) is 0 Å². The SMILES string of the molecule is CC(C)CNCc1ccoc1CN1CCCC(N(C)C)C1. The molecule has 0 aromatic carbocycles. The molecule has 0 bridgehead atoms. The summed E-state index contributed by atoms with van der Waals surface area (Å²) < 4.78 is 5.73. The summed E-state index contributed by atoms with van der Waals surface area (Å²) in [5, 5.41) is 3.51. The second kappa shape index (κ2) is 7.97. The third kappa shape index (κ3) is 5.13. The van der Waals surface area contributed by atoms with E-state index < -0.39 is 0 Å². The van der Waals surface area contributed by atoms with E-state index in [1.807, 2.05) is 6.26 Å². The van der Waals surface area contributed by atoms with Crippen molar-refractivity contribution in [1.29, 1.82) is 0 Å².